The van der Waals surface area contributed by atoms with Gasteiger partial charge in [-0.3, -0.25) is 0 Å². The first-order valence-corrected chi connectivity index (χ1v) is 16.1. The molecular formula is C37H54O2. The number of rotatable bonds is 2. The van der Waals surface area contributed by atoms with Crippen LogP contribution >= 0.6 is 0 Å². The van der Waals surface area contributed by atoms with Gasteiger partial charge in [0, 0.05) is 5.41 Å². The Morgan fingerprint density at radius 3 is 2.21 bits per heavy atom. The van der Waals surface area contributed by atoms with Crippen LogP contribution < -0.4 is 0 Å². The Bertz CT molecular complexity index is 1160. The van der Waals surface area contributed by atoms with Crippen molar-refractivity contribution in [2.24, 2.45) is 50.2 Å². The standard InChI is InChI=1S/C37H54O2/c1-32(2)20-21-34(5)22-23-36(7)26(27(34)24-32)14-15-29-35(6)18-17-30(39-31(38)25-12-10-9-11-13-25)33(3,4)28(35)16-19-37(29,36)8/h9-14,27-30H,15-24H2,1-8H3/t27-,28+,29+,30+,34-,35+,36-,37-/m1/s1. The molecule has 2 heteroatoms. The highest BCUT2D eigenvalue weighted by molar-refractivity contribution is 5.89. The summed E-state index contributed by atoms with van der Waals surface area (Å²) in [6.07, 6.45) is 15.6. The van der Waals surface area contributed by atoms with Crippen molar-refractivity contribution < 1.29 is 9.53 Å². The summed E-state index contributed by atoms with van der Waals surface area (Å²) < 4.78 is 6.29. The zero-order chi connectivity index (χ0) is 28.1. The first-order chi connectivity index (χ1) is 18.2. The summed E-state index contributed by atoms with van der Waals surface area (Å²) >= 11 is 0. The van der Waals surface area contributed by atoms with E-state index in [2.05, 4.69) is 61.5 Å². The quantitative estimate of drug-likeness (QED) is 0.281. The van der Waals surface area contributed by atoms with Crippen LogP contribution in [-0.4, -0.2) is 12.1 Å². The molecule has 0 N–H and O–H groups in total. The number of carbonyl (C=O) groups is 1. The van der Waals surface area contributed by atoms with Crippen LogP contribution in [0.4, 0.5) is 0 Å². The van der Waals surface area contributed by atoms with Crippen LogP contribution in [0.3, 0.4) is 0 Å². The van der Waals surface area contributed by atoms with Crippen molar-refractivity contribution in [3.8, 4) is 0 Å². The molecule has 5 aliphatic carbocycles. The third-order valence-corrected chi connectivity index (χ3v) is 14.3. The van der Waals surface area contributed by atoms with E-state index in [1.54, 1.807) is 0 Å². The monoisotopic (exact) mass is 530 g/mol. The van der Waals surface area contributed by atoms with Crippen molar-refractivity contribution in [2.45, 2.75) is 126 Å². The lowest BCUT2D eigenvalue weighted by molar-refractivity contribution is -0.203. The number of carbonyl (C=O) groups excluding carboxylic acids is 1. The predicted octanol–water partition coefficient (Wildman–Crippen LogP) is 10.0. The maximum absolute atomic E-state index is 13.1. The van der Waals surface area contributed by atoms with E-state index >= 15 is 0 Å². The molecule has 0 aliphatic heterocycles. The normalized spacial score (nSPS) is 46.0. The molecule has 6 rings (SSSR count). The zero-order valence-electron chi connectivity index (χ0n) is 26.2. The van der Waals surface area contributed by atoms with Gasteiger partial charge in [0.2, 0.25) is 0 Å². The van der Waals surface area contributed by atoms with E-state index < -0.39 is 0 Å². The van der Waals surface area contributed by atoms with Gasteiger partial charge in [0.1, 0.15) is 6.10 Å². The summed E-state index contributed by atoms with van der Waals surface area (Å²) in [6.45, 7) is 20.5. The highest BCUT2D eigenvalue weighted by atomic mass is 16.5. The van der Waals surface area contributed by atoms with E-state index in [1.807, 2.05) is 35.9 Å². The Morgan fingerprint density at radius 1 is 0.795 bits per heavy atom. The minimum Gasteiger partial charge on any atom is -0.458 e. The maximum Gasteiger partial charge on any atom is 0.338 e. The Balaban J connectivity index is 1.30. The second kappa shape index (κ2) is 8.72. The highest BCUT2D eigenvalue weighted by Gasteiger charge is 2.68. The Morgan fingerprint density at radius 2 is 1.49 bits per heavy atom. The second-order valence-electron chi connectivity index (χ2n) is 17.0. The fourth-order valence-corrected chi connectivity index (χ4v) is 11.5. The van der Waals surface area contributed by atoms with Crippen LogP contribution in [0.2, 0.25) is 0 Å². The molecule has 0 spiro atoms. The van der Waals surface area contributed by atoms with Gasteiger partial charge in [0.25, 0.3) is 0 Å². The molecule has 1 aromatic carbocycles. The molecule has 0 unspecified atom stereocenters. The van der Waals surface area contributed by atoms with Gasteiger partial charge in [0.05, 0.1) is 5.56 Å². The summed E-state index contributed by atoms with van der Waals surface area (Å²) in [7, 11) is 0. The average Bonchev–Trinajstić information content (AvgIpc) is 2.87. The Kier molecular flexibility index (Phi) is 6.17. The number of ether oxygens (including phenoxy) is 1. The molecule has 0 radical (unpaired) electrons. The van der Waals surface area contributed by atoms with Crippen molar-refractivity contribution in [2.75, 3.05) is 0 Å². The van der Waals surface area contributed by atoms with Gasteiger partial charge in [-0.2, -0.15) is 0 Å². The van der Waals surface area contributed by atoms with Gasteiger partial charge in [0.15, 0.2) is 0 Å². The topological polar surface area (TPSA) is 26.3 Å². The molecule has 0 bridgehead atoms. The molecule has 1 aromatic rings. The molecular weight excluding hydrogens is 476 g/mol. The second-order valence-corrected chi connectivity index (χ2v) is 17.0. The highest BCUT2D eigenvalue weighted by Crippen LogP contribution is 2.75. The lowest BCUT2D eigenvalue weighted by Gasteiger charge is -2.71. The number of hydrogen-bond donors (Lipinski definition) is 0. The molecule has 8 atom stereocenters. The van der Waals surface area contributed by atoms with E-state index in [1.165, 1.54) is 57.8 Å². The van der Waals surface area contributed by atoms with Crippen LogP contribution in [-0.2, 0) is 4.74 Å². The maximum atomic E-state index is 13.1. The molecule has 39 heavy (non-hydrogen) atoms. The molecule has 0 aromatic heterocycles. The number of allylic oxidation sites excluding steroid dienone is 2. The molecule has 0 amide bonds. The minimum atomic E-state index is -0.156. The average molecular weight is 531 g/mol. The Hall–Kier alpha value is -1.57. The Labute approximate surface area is 238 Å². The van der Waals surface area contributed by atoms with Crippen molar-refractivity contribution in [3.63, 3.8) is 0 Å². The van der Waals surface area contributed by atoms with Gasteiger partial charge in [-0.1, -0.05) is 85.2 Å². The SMILES string of the molecule is CC1(C)CC[C@]2(C)CC[C@]3(C)C(=CC[C@H]4[C@@]5(C)CC[C@H](OC(=O)c6ccccc6)C(C)(C)[C@@H]5CC[C@]43C)[C@H]2C1. The smallest absolute Gasteiger partial charge is 0.338 e. The number of esters is 1. The third-order valence-electron chi connectivity index (χ3n) is 14.3. The van der Waals surface area contributed by atoms with Crippen LogP contribution in [0.5, 0.6) is 0 Å². The third kappa shape index (κ3) is 3.89. The van der Waals surface area contributed by atoms with Gasteiger partial charge < -0.3 is 4.74 Å². The summed E-state index contributed by atoms with van der Waals surface area (Å²) in [5, 5.41) is 0. The first kappa shape index (κ1) is 27.6. The van der Waals surface area contributed by atoms with Gasteiger partial charge in [-0.15, -0.1) is 0 Å². The van der Waals surface area contributed by atoms with E-state index in [4.69, 9.17) is 4.74 Å². The summed E-state index contributed by atoms with van der Waals surface area (Å²) in [5.41, 5.74) is 4.39. The lowest BCUT2D eigenvalue weighted by Crippen LogP contribution is -2.64. The largest absolute Gasteiger partial charge is 0.458 e. The van der Waals surface area contributed by atoms with Crippen molar-refractivity contribution in [1.29, 1.82) is 0 Å². The molecule has 4 saturated carbocycles. The molecule has 214 valence electrons. The van der Waals surface area contributed by atoms with E-state index in [-0.39, 0.29) is 22.9 Å². The van der Waals surface area contributed by atoms with Crippen molar-refractivity contribution >= 4 is 5.97 Å². The number of hydrogen-bond acceptors (Lipinski definition) is 2. The van der Waals surface area contributed by atoms with Crippen molar-refractivity contribution in [1.82, 2.24) is 0 Å². The van der Waals surface area contributed by atoms with Crippen LogP contribution in [0.25, 0.3) is 0 Å². The van der Waals surface area contributed by atoms with Crippen LogP contribution in [0, 0.1) is 50.2 Å². The van der Waals surface area contributed by atoms with Crippen LogP contribution in [0.15, 0.2) is 42.0 Å². The molecule has 4 fully saturated rings. The fraction of sp³-hybridized carbons (Fsp3) is 0.757. The number of fused-ring (bicyclic) bond motifs is 7. The van der Waals surface area contributed by atoms with E-state index in [0.717, 1.165) is 12.3 Å². The summed E-state index contributed by atoms with van der Waals surface area (Å²) in [6, 6.07) is 9.57. The summed E-state index contributed by atoms with van der Waals surface area (Å²) in [5.74, 6) is 1.87. The van der Waals surface area contributed by atoms with E-state index in [9.17, 15) is 4.79 Å². The predicted molar refractivity (Wildman–Crippen MR) is 160 cm³/mol. The first-order valence-electron chi connectivity index (χ1n) is 16.1. The number of benzene rings is 1. The molecule has 5 aliphatic rings. The van der Waals surface area contributed by atoms with Gasteiger partial charge in [-0.05, 0) is 121 Å². The lowest BCUT2D eigenvalue weighted by atomic mass is 9.33. The minimum absolute atomic E-state index is 0.0159. The van der Waals surface area contributed by atoms with Crippen molar-refractivity contribution in [3.05, 3.63) is 47.5 Å². The fourth-order valence-electron chi connectivity index (χ4n) is 11.5. The molecule has 0 heterocycles. The van der Waals surface area contributed by atoms with Gasteiger partial charge in [-0.25, -0.2) is 4.79 Å². The zero-order valence-corrected chi connectivity index (χ0v) is 26.2. The van der Waals surface area contributed by atoms with Gasteiger partial charge >= 0.3 is 5.97 Å². The molecule has 0 saturated heterocycles. The van der Waals surface area contributed by atoms with E-state index in [0.29, 0.717) is 39.1 Å². The summed E-state index contributed by atoms with van der Waals surface area (Å²) in [4.78, 5) is 13.1. The van der Waals surface area contributed by atoms with Crippen LogP contribution in [0.1, 0.15) is 130 Å². The molecule has 2 nitrogen and oxygen atoms in total.